The zero-order valence-corrected chi connectivity index (χ0v) is 9.51. The van der Waals surface area contributed by atoms with E-state index in [1.807, 2.05) is 0 Å². The van der Waals surface area contributed by atoms with Crippen LogP contribution in [-0.4, -0.2) is 58.8 Å². The van der Waals surface area contributed by atoms with E-state index in [0.29, 0.717) is 19.6 Å². The molecule has 0 aromatic heterocycles. The third-order valence-electron chi connectivity index (χ3n) is 3.21. The normalized spacial score (nSPS) is 26.0. The third kappa shape index (κ3) is 2.70. The van der Waals surface area contributed by atoms with Crippen molar-refractivity contribution in [2.24, 2.45) is 5.92 Å². The Labute approximate surface area is 94.2 Å². The van der Waals surface area contributed by atoms with Crippen molar-refractivity contribution in [2.75, 3.05) is 19.6 Å². The summed E-state index contributed by atoms with van der Waals surface area (Å²) in [4.78, 5) is 23.7. The fourth-order valence-corrected chi connectivity index (χ4v) is 1.93. The van der Waals surface area contributed by atoms with E-state index >= 15 is 0 Å². The van der Waals surface area contributed by atoms with Gasteiger partial charge in [-0.15, -0.1) is 0 Å². The topological polar surface area (TPSA) is 89.9 Å². The smallest absolute Gasteiger partial charge is 0.322 e. The summed E-state index contributed by atoms with van der Waals surface area (Å²) in [5.41, 5.74) is 0. The summed E-state index contributed by atoms with van der Waals surface area (Å²) in [6, 6.07) is -0.911. The Morgan fingerprint density at radius 2 is 2.00 bits per heavy atom. The number of nitrogens with one attached hydrogen (secondary N) is 1. The van der Waals surface area contributed by atoms with Crippen LogP contribution >= 0.6 is 0 Å². The summed E-state index contributed by atoms with van der Waals surface area (Å²) in [5.74, 6) is -2.37. The molecule has 3 atom stereocenters. The molecule has 92 valence electrons. The van der Waals surface area contributed by atoms with Gasteiger partial charge < -0.3 is 15.5 Å². The van der Waals surface area contributed by atoms with Crippen molar-refractivity contribution in [1.29, 1.82) is 0 Å². The molecule has 0 aromatic carbocycles. The van der Waals surface area contributed by atoms with Crippen molar-refractivity contribution < 1.29 is 19.8 Å². The predicted molar refractivity (Wildman–Crippen MR) is 57.3 cm³/mol. The second-order valence-corrected chi connectivity index (χ2v) is 4.16. The van der Waals surface area contributed by atoms with E-state index in [1.165, 1.54) is 0 Å². The van der Waals surface area contributed by atoms with Crippen molar-refractivity contribution in [3.63, 3.8) is 0 Å². The summed E-state index contributed by atoms with van der Waals surface area (Å²) in [6.07, 6.45) is 0. The van der Waals surface area contributed by atoms with Crippen LogP contribution in [0.5, 0.6) is 0 Å². The Bertz CT molecular complexity index is 282. The molecule has 0 aromatic rings. The highest BCUT2D eigenvalue weighted by molar-refractivity contribution is 5.74. The van der Waals surface area contributed by atoms with Crippen LogP contribution in [-0.2, 0) is 9.59 Å². The van der Waals surface area contributed by atoms with Gasteiger partial charge in [-0.25, -0.2) is 0 Å². The Balaban J connectivity index is 2.74. The number of hydrogen-bond acceptors (Lipinski definition) is 4. The number of aliphatic carboxylic acids is 2. The second kappa shape index (κ2) is 5.27. The molecule has 0 radical (unpaired) electrons. The van der Waals surface area contributed by atoms with Crippen molar-refractivity contribution in [1.82, 2.24) is 10.2 Å². The van der Waals surface area contributed by atoms with Crippen LogP contribution in [0.15, 0.2) is 0 Å². The van der Waals surface area contributed by atoms with Gasteiger partial charge in [0, 0.05) is 25.7 Å². The van der Waals surface area contributed by atoms with Gasteiger partial charge in [-0.2, -0.15) is 0 Å². The maximum absolute atomic E-state index is 11.0. The number of nitrogens with zero attached hydrogens (tertiary/aromatic N) is 1. The van der Waals surface area contributed by atoms with E-state index in [-0.39, 0.29) is 6.04 Å². The number of carboxylic acids is 2. The maximum atomic E-state index is 11.0. The molecule has 1 saturated heterocycles. The summed E-state index contributed by atoms with van der Waals surface area (Å²) < 4.78 is 0. The lowest BCUT2D eigenvalue weighted by Gasteiger charge is -2.39. The van der Waals surface area contributed by atoms with Crippen molar-refractivity contribution in [2.45, 2.75) is 25.9 Å². The highest BCUT2D eigenvalue weighted by Gasteiger charge is 2.35. The molecule has 1 fully saturated rings. The average molecular weight is 230 g/mol. The van der Waals surface area contributed by atoms with Crippen molar-refractivity contribution in [3.8, 4) is 0 Å². The number of carboxylic acid groups (broad SMARTS) is 2. The minimum Gasteiger partial charge on any atom is -0.481 e. The molecule has 0 aliphatic carbocycles. The number of rotatable bonds is 4. The minimum atomic E-state index is -0.906. The first-order valence-electron chi connectivity index (χ1n) is 5.37. The zero-order chi connectivity index (χ0) is 12.3. The van der Waals surface area contributed by atoms with Gasteiger partial charge in [0.1, 0.15) is 6.04 Å². The largest absolute Gasteiger partial charge is 0.481 e. The highest BCUT2D eigenvalue weighted by atomic mass is 16.4. The molecule has 16 heavy (non-hydrogen) atoms. The number of hydrogen-bond donors (Lipinski definition) is 3. The molecule has 1 rings (SSSR count). The maximum Gasteiger partial charge on any atom is 0.322 e. The number of carbonyl (C=O) groups is 2. The molecule has 6 nitrogen and oxygen atoms in total. The van der Waals surface area contributed by atoms with E-state index < -0.39 is 23.9 Å². The van der Waals surface area contributed by atoms with Crippen LogP contribution < -0.4 is 5.32 Å². The Kier molecular flexibility index (Phi) is 4.26. The standard InChI is InChI=1S/C10H18N2O4/c1-6(9(13)14)7(2)12-4-3-11-5-8(12)10(15)16/h6-8,11H,3-5H2,1-2H3,(H,13,14)(H,15,16). The molecule has 3 unspecified atom stereocenters. The Hall–Kier alpha value is -1.14. The van der Waals surface area contributed by atoms with Gasteiger partial charge in [-0.3, -0.25) is 14.5 Å². The van der Waals surface area contributed by atoms with Crippen LogP contribution in [0.4, 0.5) is 0 Å². The predicted octanol–water partition coefficient (Wildman–Crippen LogP) is -0.546. The van der Waals surface area contributed by atoms with E-state index in [9.17, 15) is 9.59 Å². The molecule has 0 amide bonds. The lowest BCUT2D eigenvalue weighted by atomic mass is 9.99. The molecule has 0 bridgehead atoms. The van der Waals surface area contributed by atoms with Crippen LogP contribution in [0.2, 0.25) is 0 Å². The van der Waals surface area contributed by atoms with Crippen molar-refractivity contribution >= 4 is 11.9 Å². The molecule has 6 heteroatoms. The molecule has 0 spiro atoms. The monoisotopic (exact) mass is 230 g/mol. The van der Waals surface area contributed by atoms with Gasteiger partial charge in [0.15, 0.2) is 0 Å². The molecular formula is C10H18N2O4. The molecular weight excluding hydrogens is 212 g/mol. The van der Waals surface area contributed by atoms with Gasteiger partial charge in [-0.1, -0.05) is 6.92 Å². The van der Waals surface area contributed by atoms with Crippen molar-refractivity contribution in [3.05, 3.63) is 0 Å². The molecule has 1 heterocycles. The van der Waals surface area contributed by atoms with Gasteiger partial charge in [0.05, 0.1) is 5.92 Å². The molecule has 0 saturated carbocycles. The van der Waals surface area contributed by atoms with Crippen LogP contribution in [0, 0.1) is 5.92 Å². The van der Waals surface area contributed by atoms with E-state index in [1.54, 1.807) is 18.7 Å². The number of piperazine rings is 1. The summed E-state index contributed by atoms with van der Waals surface area (Å²) in [5, 5.41) is 21.0. The van der Waals surface area contributed by atoms with Gasteiger partial charge >= 0.3 is 11.9 Å². The lowest BCUT2D eigenvalue weighted by molar-refractivity contribution is -0.150. The van der Waals surface area contributed by atoms with Crippen LogP contribution in [0.25, 0.3) is 0 Å². The van der Waals surface area contributed by atoms with Gasteiger partial charge in [0.25, 0.3) is 0 Å². The summed E-state index contributed by atoms with van der Waals surface area (Å²) in [7, 11) is 0. The van der Waals surface area contributed by atoms with Gasteiger partial charge in [0.2, 0.25) is 0 Å². The average Bonchev–Trinajstić information content (AvgIpc) is 2.26. The fourth-order valence-electron chi connectivity index (χ4n) is 1.93. The fraction of sp³-hybridized carbons (Fsp3) is 0.800. The zero-order valence-electron chi connectivity index (χ0n) is 9.51. The third-order valence-corrected chi connectivity index (χ3v) is 3.21. The lowest BCUT2D eigenvalue weighted by Crippen LogP contribution is -2.59. The highest BCUT2D eigenvalue weighted by Crippen LogP contribution is 2.16. The van der Waals surface area contributed by atoms with Gasteiger partial charge in [-0.05, 0) is 6.92 Å². The Morgan fingerprint density at radius 1 is 1.38 bits per heavy atom. The first-order chi connectivity index (χ1) is 7.45. The molecule has 1 aliphatic rings. The van der Waals surface area contributed by atoms with E-state index in [0.717, 1.165) is 0 Å². The summed E-state index contributed by atoms with van der Waals surface area (Å²) >= 11 is 0. The first kappa shape index (κ1) is 12.9. The second-order valence-electron chi connectivity index (χ2n) is 4.16. The van der Waals surface area contributed by atoms with E-state index in [4.69, 9.17) is 10.2 Å². The van der Waals surface area contributed by atoms with Crippen LogP contribution in [0.3, 0.4) is 0 Å². The Morgan fingerprint density at radius 3 is 2.50 bits per heavy atom. The first-order valence-corrected chi connectivity index (χ1v) is 5.37. The minimum absolute atomic E-state index is 0.277. The van der Waals surface area contributed by atoms with E-state index in [2.05, 4.69) is 5.32 Å². The molecule has 1 aliphatic heterocycles. The van der Waals surface area contributed by atoms with Crippen LogP contribution in [0.1, 0.15) is 13.8 Å². The SMILES string of the molecule is CC(C(=O)O)C(C)N1CCNCC1C(=O)O. The summed E-state index contributed by atoms with van der Waals surface area (Å²) in [6.45, 7) is 5.00. The molecule has 3 N–H and O–H groups in total. The quantitative estimate of drug-likeness (QED) is 0.600.